The van der Waals surface area contributed by atoms with E-state index in [2.05, 4.69) is 6.92 Å². The molecule has 1 N–H and O–H groups in total. The topological polar surface area (TPSA) is 46.5 Å². The summed E-state index contributed by atoms with van der Waals surface area (Å²) < 4.78 is 5.56. The van der Waals surface area contributed by atoms with Gasteiger partial charge in [0.05, 0.1) is 6.08 Å². The Balaban J connectivity index is 2.36. The zero-order chi connectivity index (χ0) is 13.0. The van der Waals surface area contributed by atoms with Gasteiger partial charge in [-0.3, -0.25) is 0 Å². The number of benzene rings is 1. The molecule has 0 bridgehead atoms. The van der Waals surface area contributed by atoms with E-state index >= 15 is 0 Å². The summed E-state index contributed by atoms with van der Waals surface area (Å²) in [5, 5.41) is 9.74. The molecule has 2 rings (SSSR count). The molecular weight excluding hydrogens is 228 g/mol. The van der Waals surface area contributed by atoms with Crippen LogP contribution < -0.4 is 0 Å². The van der Waals surface area contributed by atoms with Gasteiger partial charge in [-0.25, -0.2) is 4.79 Å². The van der Waals surface area contributed by atoms with Crippen LogP contribution in [0.5, 0.6) is 0 Å². The molecule has 1 aromatic rings. The van der Waals surface area contributed by atoms with Crippen molar-refractivity contribution in [2.24, 2.45) is 0 Å². The molecule has 0 spiro atoms. The number of unbranched alkanes of at least 4 members (excludes halogenated alkanes) is 1. The molecular formula is C15H18O3. The molecule has 1 heterocycles. The molecule has 1 aliphatic rings. The number of hydrogen-bond donors (Lipinski definition) is 1. The van der Waals surface area contributed by atoms with Crippen LogP contribution in [0.15, 0.2) is 42.2 Å². The number of aliphatic hydroxyl groups is 1. The SMILES string of the molecule is CCCC[C@@]1(c2ccccc2)CC(O)=CC(=O)O1. The molecule has 0 aliphatic carbocycles. The van der Waals surface area contributed by atoms with Gasteiger partial charge in [0.25, 0.3) is 0 Å². The number of cyclic esters (lactones) is 1. The zero-order valence-corrected chi connectivity index (χ0v) is 10.6. The first-order valence-electron chi connectivity index (χ1n) is 6.34. The Labute approximate surface area is 107 Å². The predicted octanol–water partition coefficient (Wildman–Crippen LogP) is 3.46. The van der Waals surface area contributed by atoms with E-state index in [1.54, 1.807) is 0 Å². The van der Waals surface area contributed by atoms with Crippen LogP contribution in [0.3, 0.4) is 0 Å². The third-order valence-corrected chi connectivity index (χ3v) is 3.28. The maximum atomic E-state index is 11.6. The highest BCUT2D eigenvalue weighted by atomic mass is 16.6. The number of carbonyl (C=O) groups is 1. The molecule has 0 saturated heterocycles. The van der Waals surface area contributed by atoms with Crippen molar-refractivity contribution in [3.8, 4) is 0 Å². The molecule has 0 aromatic heterocycles. The Morgan fingerprint density at radius 2 is 2.06 bits per heavy atom. The fourth-order valence-electron chi connectivity index (χ4n) is 2.39. The molecule has 3 nitrogen and oxygen atoms in total. The predicted molar refractivity (Wildman–Crippen MR) is 69.1 cm³/mol. The highest BCUT2D eigenvalue weighted by Crippen LogP contribution is 2.39. The summed E-state index contributed by atoms with van der Waals surface area (Å²) >= 11 is 0. The van der Waals surface area contributed by atoms with Crippen molar-refractivity contribution in [1.29, 1.82) is 0 Å². The lowest BCUT2D eigenvalue weighted by Crippen LogP contribution is -2.35. The van der Waals surface area contributed by atoms with Crippen molar-refractivity contribution in [1.82, 2.24) is 0 Å². The minimum atomic E-state index is -0.701. The van der Waals surface area contributed by atoms with Crippen molar-refractivity contribution < 1.29 is 14.6 Å². The van der Waals surface area contributed by atoms with Crippen LogP contribution in [0, 0.1) is 0 Å². The van der Waals surface area contributed by atoms with Crippen LogP contribution in [0.4, 0.5) is 0 Å². The van der Waals surface area contributed by atoms with Crippen LogP contribution in [0.2, 0.25) is 0 Å². The maximum Gasteiger partial charge on any atom is 0.335 e. The standard InChI is InChI=1S/C15H18O3/c1-2-3-9-15(12-7-5-4-6-8-12)11-13(16)10-14(17)18-15/h4-8,10,16H,2-3,9,11H2,1H3/t15-/m0/s1. The Morgan fingerprint density at radius 3 is 2.67 bits per heavy atom. The molecule has 0 amide bonds. The summed E-state index contributed by atoms with van der Waals surface area (Å²) in [4.78, 5) is 11.6. The Kier molecular flexibility index (Phi) is 3.70. The highest BCUT2D eigenvalue weighted by molar-refractivity contribution is 5.84. The second-order valence-corrected chi connectivity index (χ2v) is 4.70. The van der Waals surface area contributed by atoms with E-state index < -0.39 is 11.6 Å². The number of carbonyl (C=O) groups excluding carboxylic acids is 1. The third kappa shape index (κ3) is 2.55. The van der Waals surface area contributed by atoms with Gasteiger partial charge in [0.15, 0.2) is 0 Å². The fourth-order valence-corrected chi connectivity index (χ4v) is 2.39. The molecule has 3 heteroatoms. The van der Waals surface area contributed by atoms with E-state index in [-0.39, 0.29) is 5.76 Å². The van der Waals surface area contributed by atoms with Crippen LogP contribution in [-0.4, -0.2) is 11.1 Å². The Morgan fingerprint density at radius 1 is 1.33 bits per heavy atom. The van der Waals surface area contributed by atoms with Crippen molar-refractivity contribution in [2.45, 2.75) is 38.2 Å². The van der Waals surface area contributed by atoms with E-state index in [0.717, 1.165) is 30.9 Å². The molecule has 0 unspecified atom stereocenters. The number of rotatable bonds is 4. The lowest BCUT2D eigenvalue weighted by molar-refractivity contribution is -0.159. The van der Waals surface area contributed by atoms with Gasteiger partial charge >= 0.3 is 5.97 Å². The van der Waals surface area contributed by atoms with Gasteiger partial charge in [-0.1, -0.05) is 43.7 Å². The first kappa shape index (κ1) is 12.7. The van der Waals surface area contributed by atoms with Crippen molar-refractivity contribution in [3.05, 3.63) is 47.7 Å². The maximum absolute atomic E-state index is 11.6. The normalized spacial score (nSPS) is 23.4. The number of hydrogen-bond acceptors (Lipinski definition) is 3. The number of ether oxygens (including phenoxy) is 1. The van der Waals surface area contributed by atoms with Gasteiger partial charge in [-0.15, -0.1) is 0 Å². The molecule has 18 heavy (non-hydrogen) atoms. The van der Waals surface area contributed by atoms with Crippen LogP contribution in [0.25, 0.3) is 0 Å². The monoisotopic (exact) mass is 246 g/mol. The van der Waals surface area contributed by atoms with Gasteiger partial charge in [0.2, 0.25) is 0 Å². The highest BCUT2D eigenvalue weighted by Gasteiger charge is 2.39. The largest absolute Gasteiger partial charge is 0.512 e. The van der Waals surface area contributed by atoms with Crippen LogP contribution in [-0.2, 0) is 15.1 Å². The summed E-state index contributed by atoms with van der Waals surface area (Å²) in [6.45, 7) is 2.10. The summed E-state index contributed by atoms with van der Waals surface area (Å²) in [6, 6.07) is 9.67. The van der Waals surface area contributed by atoms with Gasteiger partial charge in [-0.05, 0) is 18.4 Å². The quantitative estimate of drug-likeness (QED) is 0.827. The van der Waals surface area contributed by atoms with Gasteiger partial charge < -0.3 is 9.84 Å². The summed E-state index contributed by atoms with van der Waals surface area (Å²) in [7, 11) is 0. The first-order valence-corrected chi connectivity index (χ1v) is 6.34. The van der Waals surface area contributed by atoms with Gasteiger partial charge in [0.1, 0.15) is 11.4 Å². The van der Waals surface area contributed by atoms with E-state index in [9.17, 15) is 9.90 Å². The summed E-state index contributed by atoms with van der Waals surface area (Å²) in [5.41, 5.74) is 0.249. The number of aliphatic hydroxyl groups excluding tert-OH is 1. The third-order valence-electron chi connectivity index (χ3n) is 3.28. The van der Waals surface area contributed by atoms with E-state index in [1.165, 1.54) is 0 Å². The lowest BCUT2D eigenvalue weighted by atomic mass is 9.83. The molecule has 0 radical (unpaired) electrons. The average molecular weight is 246 g/mol. The fraction of sp³-hybridized carbons (Fsp3) is 0.400. The molecule has 0 fully saturated rings. The van der Waals surface area contributed by atoms with Crippen LogP contribution >= 0.6 is 0 Å². The van der Waals surface area contributed by atoms with Crippen LogP contribution in [0.1, 0.15) is 38.2 Å². The van der Waals surface area contributed by atoms with Crippen molar-refractivity contribution in [2.75, 3.05) is 0 Å². The molecule has 96 valence electrons. The second kappa shape index (κ2) is 5.25. The molecule has 0 saturated carbocycles. The molecule has 1 aliphatic heterocycles. The minimum absolute atomic E-state index is 0.103. The zero-order valence-electron chi connectivity index (χ0n) is 10.6. The lowest BCUT2D eigenvalue weighted by Gasteiger charge is -2.36. The van der Waals surface area contributed by atoms with Gasteiger partial charge in [-0.2, -0.15) is 0 Å². The molecule has 1 aromatic carbocycles. The van der Waals surface area contributed by atoms with E-state index in [0.29, 0.717) is 6.42 Å². The van der Waals surface area contributed by atoms with E-state index in [1.807, 2.05) is 30.3 Å². The second-order valence-electron chi connectivity index (χ2n) is 4.70. The van der Waals surface area contributed by atoms with Crippen molar-refractivity contribution in [3.63, 3.8) is 0 Å². The number of esters is 1. The van der Waals surface area contributed by atoms with Crippen molar-refractivity contribution >= 4 is 5.97 Å². The Hall–Kier alpha value is -1.77. The molecule has 1 atom stereocenters. The van der Waals surface area contributed by atoms with Gasteiger partial charge in [0, 0.05) is 6.42 Å². The summed E-state index contributed by atoms with van der Waals surface area (Å²) in [6.07, 6.45) is 4.24. The average Bonchev–Trinajstić information content (AvgIpc) is 2.36. The minimum Gasteiger partial charge on any atom is -0.512 e. The Bertz CT molecular complexity index is 450. The summed E-state index contributed by atoms with van der Waals surface area (Å²) in [5.74, 6) is -0.357. The smallest absolute Gasteiger partial charge is 0.335 e. The first-order chi connectivity index (χ1) is 8.66. The van der Waals surface area contributed by atoms with E-state index in [4.69, 9.17) is 4.74 Å².